The fraction of sp³-hybridized carbons (Fsp3) is 0.167. The average Bonchev–Trinajstić information content (AvgIpc) is 2.36. The SMILES string of the molecule is CNc1cc(-c2cc(F)cc(F)c2)nc(C(F)(F)F)n1. The van der Waals surface area contributed by atoms with Gasteiger partial charge < -0.3 is 5.32 Å². The van der Waals surface area contributed by atoms with Gasteiger partial charge in [-0.2, -0.15) is 13.2 Å². The van der Waals surface area contributed by atoms with Crippen LogP contribution in [0.5, 0.6) is 0 Å². The van der Waals surface area contributed by atoms with E-state index in [1.165, 1.54) is 13.1 Å². The van der Waals surface area contributed by atoms with Crippen LogP contribution in [-0.4, -0.2) is 17.0 Å². The van der Waals surface area contributed by atoms with Crippen molar-refractivity contribution in [3.05, 3.63) is 41.7 Å². The van der Waals surface area contributed by atoms with Gasteiger partial charge in [0.15, 0.2) is 0 Å². The van der Waals surface area contributed by atoms with Crippen LogP contribution in [0.3, 0.4) is 0 Å². The molecule has 1 aromatic heterocycles. The van der Waals surface area contributed by atoms with Gasteiger partial charge in [0, 0.05) is 24.7 Å². The molecule has 20 heavy (non-hydrogen) atoms. The van der Waals surface area contributed by atoms with Gasteiger partial charge in [-0.15, -0.1) is 0 Å². The van der Waals surface area contributed by atoms with Crippen molar-refractivity contribution in [3.8, 4) is 11.3 Å². The summed E-state index contributed by atoms with van der Waals surface area (Å²) in [5.74, 6) is -3.30. The third kappa shape index (κ3) is 3.01. The molecule has 0 unspecified atom stereocenters. The molecule has 0 aliphatic heterocycles. The van der Waals surface area contributed by atoms with Crippen molar-refractivity contribution < 1.29 is 22.0 Å². The second-order valence-electron chi connectivity index (χ2n) is 3.87. The van der Waals surface area contributed by atoms with Gasteiger partial charge in [0.1, 0.15) is 17.5 Å². The third-order valence-electron chi connectivity index (χ3n) is 2.39. The molecule has 2 aromatic rings. The first kappa shape index (κ1) is 14.2. The van der Waals surface area contributed by atoms with Crippen molar-refractivity contribution in [1.29, 1.82) is 0 Å². The Balaban J connectivity index is 2.61. The largest absolute Gasteiger partial charge is 0.451 e. The molecule has 0 fully saturated rings. The molecular formula is C12H8F5N3. The van der Waals surface area contributed by atoms with E-state index >= 15 is 0 Å². The van der Waals surface area contributed by atoms with Crippen molar-refractivity contribution in [1.82, 2.24) is 9.97 Å². The Morgan fingerprint density at radius 1 is 0.950 bits per heavy atom. The molecule has 8 heteroatoms. The Hall–Kier alpha value is -2.25. The molecule has 0 bridgehead atoms. The summed E-state index contributed by atoms with van der Waals surface area (Å²) in [6.45, 7) is 0. The van der Waals surface area contributed by atoms with E-state index in [4.69, 9.17) is 0 Å². The summed E-state index contributed by atoms with van der Waals surface area (Å²) in [5, 5.41) is 2.44. The maximum Gasteiger partial charge on any atom is 0.451 e. The number of alkyl halides is 3. The molecule has 0 atom stereocenters. The van der Waals surface area contributed by atoms with Gasteiger partial charge in [-0.1, -0.05) is 0 Å². The lowest BCUT2D eigenvalue weighted by Crippen LogP contribution is -2.13. The van der Waals surface area contributed by atoms with E-state index in [-0.39, 0.29) is 17.1 Å². The number of rotatable bonds is 2. The summed E-state index contributed by atoms with van der Waals surface area (Å²) in [7, 11) is 1.37. The quantitative estimate of drug-likeness (QED) is 0.860. The lowest BCUT2D eigenvalue weighted by molar-refractivity contribution is -0.144. The lowest BCUT2D eigenvalue weighted by atomic mass is 10.1. The van der Waals surface area contributed by atoms with Crippen LogP contribution in [0, 0.1) is 11.6 Å². The van der Waals surface area contributed by atoms with E-state index in [0.717, 1.165) is 12.1 Å². The molecule has 106 valence electrons. The van der Waals surface area contributed by atoms with Gasteiger partial charge in [-0.25, -0.2) is 18.7 Å². The average molecular weight is 289 g/mol. The number of nitrogens with zero attached hydrogens (tertiary/aromatic N) is 2. The molecule has 0 aliphatic carbocycles. The van der Waals surface area contributed by atoms with Crippen LogP contribution >= 0.6 is 0 Å². The molecule has 1 aromatic carbocycles. The number of aromatic nitrogens is 2. The summed E-state index contributed by atoms with van der Waals surface area (Å²) in [6, 6.07) is 3.58. The molecule has 0 aliphatic rings. The van der Waals surface area contributed by atoms with Crippen LogP contribution in [0.25, 0.3) is 11.3 Å². The van der Waals surface area contributed by atoms with E-state index in [2.05, 4.69) is 15.3 Å². The first-order valence-corrected chi connectivity index (χ1v) is 5.40. The highest BCUT2D eigenvalue weighted by Gasteiger charge is 2.35. The van der Waals surface area contributed by atoms with Crippen molar-refractivity contribution in [2.75, 3.05) is 12.4 Å². The number of hydrogen-bond acceptors (Lipinski definition) is 3. The lowest BCUT2D eigenvalue weighted by Gasteiger charge is -2.10. The Morgan fingerprint density at radius 3 is 2.05 bits per heavy atom. The number of hydrogen-bond donors (Lipinski definition) is 1. The maximum atomic E-state index is 13.1. The predicted octanol–water partition coefficient (Wildman–Crippen LogP) is 3.48. The molecule has 0 saturated carbocycles. The van der Waals surface area contributed by atoms with Gasteiger partial charge in [0.2, 0.25) is 5.82 Å². The van der Waals surface area contributed by atoms with Gasteiger partial charge in [0.05, 0.1) is 5.69 Å². The molecule has 0 amide bonds. The first-order chi connectivity index (χ1) is 9.29. The second kappa shape index (κ2) is 5.03. The molecule has 0 saturated heterocycles. The Morgan fingerprint density at radius 2 is 1.55 bits per heavy atom. The maximum absolute atomic E-state index is 13.1. The summed E-state index contributed by atoms with van der Waals surface area (Å²) in [4.78, 5) is 6.55. The monoisotopic (exact) mass is 289 g/mol. The van der Waals surface area contributed by atoms with Gasteiger partial charge in [-0.05, 0) is 12.1 Å². The molecule has 3 nitrogen and oxygen atoms in total. The third-order valence-corrected chi connectivity index (χ3v) is 2.39. The number of halogens is 5. The van der Waals surface area contributed by atoms with Crippen molar-refractivity contribution >= 4 is 5.82 Å². The van der Waals surface area contributed by atoms with E-state index in [0.29, 0.717) is 6.07 Å². The molecule has 0 spiro atoms. The van der Waals surface area contributed by atoms with E-state index in [9.17, 15) is 22.0 Å². The molecule has 1 N–H and O–H groups in total. The first-order valence-electron chi connectivity index (χ1n) is 5.40. The highest BCUT2D eigenvalue weighted by atomic mass is 19.4. The summed E-state index contributed by atoms with van der Waals surface area (Å²) in [6.07, 6.45) is -4.76. The van der Waals surface area contributed by atoms with Crippen LogP contribution in [0.1, 0.15) is 5.82 Å². The number of anilines is 1. The fourth-order valence-corrected chi connectivity index (χ4v) is 1.55. The van der Waals surface area contributed by atoms with Gasteiger partial charge in [-0.3, -0.25) is 0 Å². The van der Waals surface area contributed by atoms with E-state index in [1.54, 1.807) is 0 Å². The highest BCUT2D eigenvalue weighted by Crippen LogP contribution is 2.30. The van der Waals surface area contributed by atoms with Gasteiger partial charge in [0.25, 0.3) is 0 Å². The van der Waals surface area contributed by atoms with Gasteiger partial charge >= 0.3 is 6.18 Å². The minimum atomic E-state index is -4.76. The number of benzene rings is 1. The zero-order valence-corrected chi connectivity index (χ0v) is 10.1. The molecular weight excluding hydrogens is 281 g/mol. The normalized spacial score (nSPS) is 11.5. The van der Waals surface area contributed by atoms with Crippen molar-refractivity contribution in [3.63, 3.8) is 0 Å². The van der Waals surface area contributed by atoms with Crippen LogP contribution in [0.15, 0.2) is 24.3 Å². The Bertz CT molecular complexity index is 619. The minimum absolute atomic E-state index is 0.105. The van der Waals surface area contributed by atoms with Crippen molar-refractivity contribution in [2.24, 2.45) is 0 Å². The van der Waals surface area contributed by atoms with E-state index < -0.39 is 23.6 Å². The Labute approximate surface area is 110 Å². The number of nitrogens with one attached hydrogen (secondary N) is 1. The highest BCUT2D eigenvalue weighted by molar-refractivity contribution is 5.62. The second-order valence-corrected chi connectivity index (χ2v) is 3.87. The summed E-state index contributed by atoms with van der Waals surface area (Å²) < 4.78 is 64.2. The zero-order chi connectivity index (χ0) is 14.9. The van der Waals surface area contributed by atoms with E-state index in [1.807, 2.05) is 0 Å². The van der Waals surface area contributed by atoms with Crippen LogP contribution in [0.4, 0.5) is 27.8 Å². The molecule has 0 radical (unpaired) electrons. The zero-order valence-electron chi connectivity index (χ0n) is 10.1. The van der Waals surface area contributed by atoms with Crippen LogP contribution in [-0.2, 0) is 6.18 Å². The molecule has 2 rings (SSSR count). The van der Waals surface area contributed by atoms with Crippen LogP contribution < -0.4 is 5.32 Å². The smallest absolute Gasteiger partial charge is 0.373 e. The fourth-order valence-electron chi connectivity index (χ4n) is 1.55. The predicted molar refractivity (Wildman–Crippen MR) is 61.9 cm³/mol. The summed E-state index contributed by atoms with van der Waals surface area (Å²) >= 11 is 0. The summed E-state index contributed by atoms with van der Waals surface area (Å²) in [5.41, 5.74) is -0.332. The van der Waals surface area contributed by atoms with Crippen LogP contribution in [0.2, 0.25) is 0 Å². The standard InChI is InChI=1S/C12H8F5N3/c1-18-10-5-9(19-11(20-10)12(15,16)17)6-2-7(13)4-8(14)3-6/h2-5H,1H3,(H,18,19,20). The minimum Gasteiger partial charge on any atom is -0.373 e. The Kier molecular flexibility index (Phi) is 3.56. The topological polar surface area (TPSA) is 37.8 Å². The molecule has 1 heterocycles. The van der Waals surface area contributed by atoms with Crippen molar-refractivity contribution in [2.45, 2.75) is 6.18 Å².